The second-order valence-electron chi connectivity index (χ2n) is 10.2. The van der Waals surface area contributed by atoms with E-state index in [2.05, 4.69) is 0 Å². The lowest BCUT2D eigenvalue weighted by atomic mass is 9.97. The van der Waals surface area contributed by atoms with Gasteiger partial charge in [0.2, 0.25) is 11.8 Å². The highest BCUT2D eigenvalue weighted by atomic mass is 16.5. The molecule has 2 atom stereocenters. The van der Waals surface area contributed by atoms with Crippen LogP contribution in [-0.4, -0.2) is 87.3 Å². The van der Waals surface area contributed by atoms with E-state index in [0.29, 0.717) is 61.9 Å². The lowest BCUT2D eigenvalue weighted by molar-refractivity contribution is -0.151. The molecule has 2 saturated heterocycles. The summed E-state index contributed by atoms with van der Waals surface area (Å²) in [7, 11) is 7.66. The third-order valence-electron chi connectivity index (χ3n) is 7.59. The van der Waals surface area contributed by atoms with Crippen molar-refractivity contribution >= 4 is 23.8 Å². The molecule has 2 unspecified atom stereocenters. The summed E-state index contributed by atoms with van der Waals surface area (Å²) in [5.74, 6) is 0.796. The smallest absolute Gasteiger partial charge is 0.310 e. The maximum absolute atomic E-state index is 12.1. The minimum absolute atomic E-state index is 0.0228. The van der Waals surface area contributed by atoms with Gasteiger partial charge >= 0.3 is 11.9 Å². The van der Waals surface area contributed by atoms with Gasteiger partial charge in [-0.25, -0.2) is 0 Å². The molecule has 4 rings (SSSR count). The van der Waals surface area contributed by atoms with Crippen molar-refractivity contribution in [3.05, 3.63) is 47.5 Å². The molecule has 0 spiro atoms. The molecule has 0 bridgehead atoms. The first-order valence-corrected chi connectivity index (χ1v) is 13.9. The first kappa shape index (κ1) is 33.0. The average molecular weight is 601 g/mol. The minimum Gasteiger partial charge on any atom is -0.497 e. The number of likely N-dealkylation sites (tertiary alicyclic amines) is 2. The molecule has 2 aromatic carbocycles. The molecule has 234 valence electrons. The molecule has 2 aromatic rings. The number of methoxy groups -OCH3 is 5. The van der Waals surface area contributed by atoms with Crippen molar-refractivity contribution in [2.24, 2.45) is 11.8 Å². The molecule has 0 aromatic heterocycles. The van der Waals surface area contributed by atoms with Crippen molar-refractivity contribution in [2.75, 3.05) is 48.6 Å². The maximum atomic E-state index is 12.1. The highest BCUT2D eigenvalue weighted by Gasteiger charge is 2.32. The Labute approximate surface area is 251 Å². The summed E-state index contributed by atoms with van der Waals surface area (Å²) in [4.78, 5) is 50.1. The van der Waals surface area contributed by atoms with Crippen LogP contribution >= 0.6 is 0 Å². The van der Waals surface area contributed by atoms with Gasteiger partial charge in [0.25, 0.3) is 0 Å². The molecule has 0 saturated carbocycles. The molecule has 1 N–H and O–H groups in total. The molecular weight excluding hydrogens is 560 g/mol. The van der Waals surface area contributed by atoms with Crippen molar-refractivity contribution in [1.82, 2.24) is 9.80 Å². The first-order chi connectivity index (χ1) is 20.6. The molecule has 2 aliphatic rings. The molecule has 2 amide bonds. The van der Waals surface area contributed by atoms with Gasteiger partial charge in [-0.05, 0) is 37.1 Å². The van der Waals surface area contributed by atoms with Crippen LogP contribution in [0.1, 0.15) is 36.8 Å². The third kappa shape index (κ3) is 8.76. The molecule has 12 nitrogen and oxygen atoms in total. The average Bonchev–Trinajstić information content (AvgIpc) is 3.03. The summed E-state index contributed by atoms with van der Waals surface area (Å²) in [6.07, 6.45) is 1.58. The van der Waals surface area contributed by atoms with Gasteiger partial charge in [-0.2, -0.15) is 0 Å². The topological polar surface area (TPSA) is 141 Å². The van der Waals surface area contributed by atoms with Crippen LogP contribution in [0.25, 0.3) is 0 Å². The second kappa shape index (κ2) is 15.7. The highest BCUT2D eigenvalue weighted by Crippen LogP contribution is 2.29. The summed E-state index contributed by atoms with van der Waals surface area (Å²) in [5, 5.41) is 9.10. The Hall–Kier alpha value is -4.48. The number of benzene rings is 2. The maximum Gasteiger partial charge on any atom is 0.310 e. The van der Waals surface area contributed by atoms with E-state index < -0.39 is 11.9 Å². The number of carboxylic acid groups (broad SMARTS) is 1. The third-order valence-corrected chi connectivity index (χ3v) is 7.59. The summed E-state index contributed by atoms with van der Waals surface area (Å²) < 4.78 is 25.7. The van der Waals surface area contributed by atoms with E-state index in [-0.39, 0.29) is 36.7 Å². The standard InChI is InChI=1S/C16H21NO5.C15H19NO5/c1-20-13-6-4-11(14(8-13)21-2)9-17-10-12(16(19)22-3)5-7-15(17)18;1-20-12-5-3-10(13(7-12)21-2)8-16-9-11(15(18)19)4-6-14(16)17/h4,6,8,12H,5,7,9-10H2,1-3H3;3,5,7,11H,4,6,8-9H2,1-2H3,(H,18,19). The van der Waals surface area contributed by atoms with Crippen LogP contribution in [0.5, 0.6) is 23.0 Å². The fourth-order valence-electron chi connectivity index (χ4n) is 5.07. The van der Waals surface area contributed by atoms with Crippen LogP contribution in [0.4, 0.5) is 0 Å². The Morgan fingerprint density at radius 1 is 0.721 bits per heavy atom. The van der Waals surface area contributed by atoms with Crippen LogP contribution in [0.2, 0.25) is 0 Å². The number of ether oxygens (including phenoxy) is 5. The van der Waals surface area contributed by atoms with Gasteiger partial charge in [-0.15, -0.1) is 0 Å². The zero-order valence-electron chi connectivity index (χ0n) is 25.3. The van der Waals surface area contributed by atoms with Gasteiger partial charge in [0.15, 0.2) is 0 Å². The molecular formula is C31H40N2O10. The van der Waals surface area contributed by atoms with E-state index in [0.717, 1.165) is 11.1 Å². The molecule has 0 aliphatic carbocycles. The second-order valence-corrected chi connectivity index (χ2v) is 10.2. The minimum atomic E-state index is -0.853. The van der Waals surface area contributed by atoms with Crippen molar-refractivity contribution in [1.29, 1.82) is 0 Å². The van der Waals surface area contributed by atoms with Crippen molar-refractivity contribution < 1.29 is 48.0 Å². The van der Waals surface area contributed by atoms with E-state index in [4.69, 9.17) is 28.8 Å². The zero-order chi connectivity index (χ0) is 31.5. The number of carbonyl (C=O) groups is 4. The number of nitrogens with zero attached hydrogens (tertiary/aromatic N) is 2. The fourth-order valence-corrected chi connectivity index (χ4v) is 5.07. The van der Waals surface area contributed by atoms with E-state index >= 15 is 0 Å². The van der Waals surface area contributed by atoms with E-state index in [1.165, 1.54) is 7.11 Å². The summed E-state index contributed by atoms with van der Waals surface area (Å²) in [6, 6.07) is 10.8. The Kier molecular flexibility index (Phi) is 12.0. The number of piperidine rings is 2. The zero-order valence-corrected chi connectivity index (χ0v) is 25.3. The number of hydrogen-bond acceptors (Lipinski definition) is 9. The lowest BCUT2D eigenvalue weighted by Crippen LogP contribution is -2.42. The Morgan fingerprint density at radius 2 is 1.16 bits per heavy atom. The summed E-state index contributed by atoms with van der Waals surface area (Å²) in [6.45, 7) is 1.36. The Bertz CT molecular complexity index is 1300. The van der Waals surface area contributed by atoms with E-state index in [1.54, 1.807) is 56.4 Å². The monoisotopic (exact) mass is 600 g/mol. The highest BCUT2D eigenvalue weighted by molar-refractivity contribution is 5.81. The van der Waals surface area contributed by atoms with E-state index in [9.17, 15) is 19.2 Å². The predicted molar refractivity (Wildman–Crippen MR) is 155 cm³/mol. The Balaban J connectivity index is 0.000000236. The van der Waals surface area contributed by atoms with Crippen molar-refractivity contribution in [3.63, 3.8) is 0 Å². The summed E-state index contributed by atoms with van der Waals surface area (Å²) in [5.41, 5.74) is 1.71. The number of aliphatic carboxylic acids is 1. The molecule has 0 radical (unpaired) electrons. The van der Waals surface area contributed by atoms with Gasteiger partial charge in [0.1, 0.15) is 23.0 Å². The molecule has 2 heterocycles. The van der Waals surface area contributed by atoms with Crippen LogP contribution < -0.4 is 18.9 Å². The summed E-state index contributed by atoms with van der Waals surface area (Å²) >= 11 is 0. The molecule has 2 aliphatic heterocycles. The van der Waals surface area contributed by atoms with E-state index in [1.807, 2.05) is 18.2 Å². The first-order valence-electron chi connectivity index (χ1n) is 13.9. The SMILES string of the molecule is COC(=O)C1CCC(=O)N(Cc2ccc(OC)cc2OC)C1.COc1ccc(CN2CC(C(=O)O)CCC2=O)c(OC)c1. The van der Waals surface area contributed by atoms with Crippen LogP contribution in [0.15, 0.2) is 36.4 Å². The number of carboxylic acids is 1. The lowest BCUT2D eigenvalue weighted by Gasteiger charge is -2.31. The van der Waals surface area contributed by atoms with Crippen molar-refractivity contribution in [2.45, 2.75) is 38.8 Å². The van der Waals surface area contributed by atoms with Crippen LogP contribution in [0, 0.1) is 11.8 Å². The number of hydrogen-bond donors (Lipinski definition) is 1. The fraction of sp³-hybridized carbons (Fsp3) is 0.484. The number of esters is 1. The number of carbonyl (C=O) groups excluding carboxylic acids is 3. The van der Waals surface area contributed by atoms with Gasteiger partial charge in [-0.3, -0.25) is 19.2 Å². The quantitative estimate of drug-likeness (QED) is 0.404. The van der Waals surface area contributed by atoms with Crippen molar-refractivity contribution in [3.8, 4) is 23.0 Å². The number of amides is 2. The van der Waals surface area contributed by atoms with Gasteiger partial charge in [0, 0.05) is 62.3 Å². The Morgan fingerprint density at radius 3 is 1.56 bits per heavy atom. The normalized spacial score (nSPS) is 18.3. The van der Waals surface area contributed by atoms with Crippen LogP contribution in [0.3, 0.4) is 0 Å². The molecule has 2 fully saturated rings. The van der Waals surface area contributed by atoms with Gasteiger partial charge < -0.3 is 38.6 Å². The largest absolute Gasteiger partial charge is 0.497 e. The van der Waals surface area contributed by atoms with Gasteiger partial charge in [-0.1, -0.05) is 0 Å². The molecule has 43 heavy (non-hydrogen) atoms. The molecule has 12 heteroatoms. The number of rotatable bonds is 10. The van der Waals surface area contributed by atoms with Crippen LogP contribution in [-0.2, 0) is 37.0 Å². The van der Waals surface area contributed by atoms with Gasteiger partial charge in [0.05, 0.1) is 47.4 Å². The predicted octanol–water partition coefficient (Wildman–Crippen LogP) is 3.14.